The average Bonchev–Trinajstić information content (AvgIpc) is 2.83. The van der Waals surface area contributed by atoms with Crippen molar-refractivity contribution in [1.82, 2.24) is 9.55 Å². The standard InChI is InChI=1S/C12H12N2O3/c1-17-12(16)9-6-10(8-15)14(7-9)11-4-2-3-5-13-11/h2-7,15H,8H2,1H3. The van der Waals surface area contributed by atoms with Crippen LogP contribution in [0.3, 0.4) is 0 Å². The smallest absolute Gasteiger partial charge is 0.339 e. The predicted molar refractivity (Wildman–Crippen MR) is 60.8 cm³/mol. The van der Waals surface area contributed by atoms with Gasteiger partial charge in [0.05, 0.1) is 25.0 Å². The van der Waals surface area contributed by atoms with Crippen LogP contribution < -0.4 is 0 Å². The Hall–Kier alpha value is -2.14. The molecule has 1 N–H and O–H groups in total. The number of hydrogen-bond donors (Lipinski definition) is 1. The van der Waals surface area contributed by atoms with E-state index in [-0.39, 0.29) is 6.61 Å². The van der Waals surface area contributed by atoms with E-state index >= 15 is 0 Å². The second-order valence-corrected chi connectivity index (χ2v) is 3.43. The van der Waals surface area contributed by atoms with Crippen LogP contribution in [0.1, 0.15) is 16.1 Å². The Morgan fingerprint density at radius 3 is 2.94 bits per heavy atom. The summed E-state index contributed by atoms with van der Waals surface area (Å²) in [6.45, 7) is -0.173. The normalized spacial score (nSPS) is 10.2. The van der Waals surface area contributed by atoms with Crippen molar-refractivity contribution in [2.75, 3.05) is 7.11 Å². The fourth-order valence-electron chi connectivity index (χ4n) is 1.57. The third-order valence-electron chi connectivity index (χ3n) is 2.38. The van der Waals surface area contributed by atoms with Crippen LogP contribution in [-0.2, 0) is 11.3 Å². The van der Waals surface area contributed by atoms with Gasteiger partial charge in [-0.15, -0.1) is 0 Å². The minimum Gasteiger partial charge on any atom is -0.465 e. The van der Waals surface area contributed by atoms with Crippen molar-refractivity contribution in [1.29, 1.82) is 0 Å². The number of aromatic nitrogens is 2. The maximum atomic E-state index is 11.4. The Labute approximate surface area is 98.3 Å². The zero-order valence-electron chi connectivity index (χ0n) is 9.33. The van der Waals surface area contributed by atoms with Gasteiger partial charge < -0.3 is 14.4 Å². The van der Waals surface area contributed by atoms with Crippen LogP contribution in [-0.4, -0.2) is 27.7 Å². The second kappa shape index (κ2) is 4.80. The van der Waals surface area contributed by atoms with Gasteiger partial charge in [0, 0.05) is 12.4 Å². The summed E-state index contributed by atoms with van der Waals surface area (Å²) in [5.74, 6) is 0.209. The molecule has 0 aliphatic carbocycles. The van der Waals surface area contributed by atoms with Gasteiger partial charge in [0.15, 0.2) is 0 Å². The summed E-state index contributed by atoms with van der Waals surface area (Å²) >= 11 is 0. The largest absolute Gasteiger partial charge is 0.465 e. The Morgan fingerprint density at radius 1 is 1.53 bits per heavy atom. The molecule has 0 spiro atoms. The van der Waals surface area contributed by atoms with Crippen molar-refractivity contribution in [3.05, 3.63) is 47.9 Å². The number of carbonyl (C=O) groups is 1. The number of ether oxygens (including phenoxy) is 1. The van der Waals surface area contributed by atoms with Crippen molar-refractivity contribution >= 4 is 5.97 Å². The van der Waals surface area contributed by atoms with Crippen molar-refractivity contribution in [3.63, 3.8) is 0 Å². The lowest BCUT2D eigenvalue weighted by Gasteiger charge is -2.04. The molecule has 2 aromatic rings. The van der Waals surface area contributed by atoms with Crippen molar-refractivity contribution in [3.8, 4) is 5.82 Å². The molecule has 5 heteroatoms. The van der Waals surface area contributed by atoms with E-state index in [0.29, 0.717) is 17.1 Å². The van der Waals surface area contributed by atoms with Gasteiger partial charge in [0.2, 0.25) is 0 Å². The maximum Gasteiger partial charge on any atom is 0.339 e. The average molecular weight is 232 g/mol. The van der Waals surface area contributed by atoms with Gasteiger partial charge in [-0.3, -0.25) is 0 Å². The lowest BCUT2D eigenvalue weighted by Crippen LogP contribution is -2.01. The molecular formula is C12H12N2O3. The number of esters is 1. The summed E-state index contributed by atoms with van der Waals surface area (Å²) in [7, 11) is 1.32. The second-order valence-electron chi connectivity index (χ2n) is 3.43. The third-order valence-corrected chi connectivity index (χ3v) is 2.38. The minimum atomic E-state index is -0.436. The first-order valence-corrected chi connectivity index (χ1v) is 5.08. The molecule has 0 atom stereocenters. The number of hydrogen-bond acceptors (Lipinski definition) is 4. The molecule has 5 nitrogen and oxygen atoms in total. The first-order chi connectivity index (χ1) is 8.26. The predicted octanol–water partition coefficient (Wildman–Crippen LogP) is 1.15. The highest BCUT2D eigenvalue weighted by Gasteiger charge is 2.13. The zero-order chi connectivity index (χ0) is 12.3. The van der Waals surface area contributed by atoms with E-state index in [1.165, 1.54) is 7.11 Å². The Morgan fingerprint density at radius 2 is 2.35 bits per heavy atom. The molecule has 0 unspecified atom stereocenters. The number of carbonyl (C=O) groups excluding carboxylic acids is 1. The summed E-state index contributed by atoms with van der Waals surface area (Å²) in [5, 5.41) is 9.25. The van der Waals surface area contributed by atoms with Crippen molar-refractivity contribution < 1.29 is 14.6 Å². The lowest BCUT2D eigenvalue weighted by molar-refractivity contribution is 0.0601. The SMILES string of the molecule is COC(=O)c1cc(CO)n(-c2ccccn2)c1. The van der Waals surface area contributed by atoms with E-state index in [0.717, 1.165) is 0 Å². The Balaban J connectivity index is 2.47. The van der Waals surface area contributed by atoms with E-state index in [1.54, 1.807) is 35.2 Å². The molecule has 0 saturated heterocycles. The quantitative estimate of drug-likeness (QED) is 0.806. The van der Waals surface area contributed by atoms with Crippen LogP contribution in [0.2, 0.25) is 0 Å². The molecule has 0 fully saturated rings. The minimum absolute atomic E-state index is 0.173. The molecule has 0 aromatic carbocycles. The molecular weight excluding hydrogens is 220 g/mol. The molecule has 2 aromatic heterocycles. The molecule has 2 rings (SSSR count). The molecule has 17 heavy (non-hydrogen) atoms. The molecule has 88 valence electrons. The Bertz CT molecular complexity index is 520. The number of methoxy groups -OCH3 is 1. The molecule has 0 aliphatic heterocycles. The molecule has 0 radical (unpaired) electrons. The molecule has 0 aliphatic rings. The van der Waals surface area contributed by atoms with Gasteiger partial charge in [0.1, 0.15) is 5.82 Å². The van der Waals surface area contributed by atoms with E-state index in [2.05, 4.69) is 9.72 Å². The summed E-state index contributed by atoms with van der Waals surface area (Å²) in [6, 6.07) is 7.01. The van der Waals surface area contributed by atoms with Crippen LogP contribution in [0.25, 0.3) is 5.82 Å². The number of nitrogens with zero attached hydrogens (tertiary/aromatic N) is 2. The first-order valence-electron chi connectivity index (χ1n) is 5.08. The zero-order valence-corrected chi connectivity index (χ0v) is 9.33. The van der Waals surface area contributed by atoms with Gasteiger partial charge in [-0.25, -0.2) is 9.78 Å². The lowest BCUT2D eigenvalue weighted by atomic mass is 10.3. The number of pyridine rings is 1. The highest BCUT2D eigenvalue weighted by atomic mass is 16.5. The molecule has 2 heterocycles. The van der Waals surface area contributed by atoms with Gasteiger partial charge in [-0.05, 0) is 18.2 Å². The van der Waals surface area contributed by atoms with E-state index in [9.17, 15) is 9.90 Å². The molecule has 0 bridgehead atoms. The molecule has 0 saturated carbocycles. The van der Waals surface area contributed by atoms with Gasteiger partial charge >= 0.3 is 5.97 Å². The third kappa shape index (κ3) is 2.19. The summed E-state index contributed by atoms with van der Waals surface area (Å²) in [4.78, 5) is 15.5. The number of aliphatic hydroxyl groups is 1. The van der Waals surface area contributed by atoms with Gasteiger partial charge in [-0.1, -0.05) is 6.07 Å². The van der Waals surface area contributed by atoms with Crippen LogP contribution in [0.5, 0.6) is 0 Å². The summed E-state index contributed by atoms with van der Waals surface area (Å²) in [5.41, 5.74) is 0.978. The van der Waals surface area contributed by atoms with Gasteiger partial charge in [0.25, 0.3) is 0 Å². The molecule has 0 amide bonds. The van der Waals surface area contributed by atoms with Crippen LogP contribution in [0, 0.1) is 0 Å². The highest BCUT2D eigenvalue weighted by Crippen LogP contribution is 2.14. The highest BCUT2D eigenvalue weighted by molar-refractivity contribution is 5.89. The monoisotopic (exact) mass is 232 g/mol. The topological polar surface area (TPSA) is 64.3 Å². The van der Waals surface area contributed by atoms with Gasteiger partial charge in [-0.2, -0.15) is 0 Å². The Kier molecular flexibility index (Phi) is 3.20. The summed E-state index contributed by atoms with van der Waals surface area (Å²) < 4.78 is 6.29. The fourth-order valence-corrected chi connectivity index (χ4v) is 1.57. The van der Waals surface area contributed by atoms with Crippen LogP contribution in [0.15, 0.2) is 36.7 Å². The van der Waals surface area contributed by atoms with Crippen molar-refractivity contribution in [2.24, 2.45) is 0 Å². The fraction of sp³-hybridized carbons (Fsp3) is 0.167. The first kappa shape index (κ1) is 11.3. The maximum absolute atomic E-state index is 11.4. The van der Waals surface area contributed by atoms with E-state index < -0.39 is 5.97 Å². The summed E-state index contributed by atoms with van der Waals surface area (Å²) in [6.07, 6.45) is 3.24. The number of aliphatic hydroxyl groups excluding tert-OH is 1. The van der Waals surface area contributed by atoms with E-state index in [4.69, 9.17) is 0 Å². The van der Waals surface area contributed by atoms with Crippen molar-refractivity contribution in [2.45, 2.75) is 6.61 Å². The van der Waals surface area contributed by atoms with Crippen LogP contribution >= 0.6 is 0 Å². The number of rotatable bonds is 3. The van der Waals surface area contributed by atoms with Crippen LogP contribution in [0.4, 0.5) is 0 Å². The van der Waals surface area contributed by atoms with E-state index in [1.807, 2.05) is 6.07 Å².